The number of rotatable bonds is 3. The van der Waals surface area contributed by atoms with E-state index in [1.807, 2.05) is 23.5 Å². The summed E-state index contributed by atoms with van der Waals surface area (Å²) in [6.45, 7) is 2.25. The summed E-state index contributed by atoms with van der Waals surface area (Å²) in [6.07, 6.45) is 8.47. The van der Waals surface area contributed by atoms with Crippen molar-refractivity contribution >= 4 is 34.0 Å². The number of hydrogen-bond acceptors (Lipinski definition) is 4. The normalized spacial score (nSPS) is 36.3. The van der Waals surface area contributed by atoms with Crippen molar-refractivity contribution in [3.8, 4) is 11.5 Å². The van der Waals surface area contributed by atoms with E-state index < -0.39 is 5.47 Å². The molecule has 5 heteroatoms. The Kier molecular flexibility index (Phi) is 4.61. The fourth-order valence-electron chi connectivity index (χ4n) is 7.09. The van der Waals surface area contributed by atoms with Crippen LogP contribution in [0.4, 0.5) is 0 Å². The Bertz CT molecular complexity index is 1010. The third-order valence-corrected chi connectivity index (χ3v) is 14.1. The van der Waals surface area contributed by atoms with Crippen LogP contribution in [0.25, 0.3) is 0 Å². The molecule has 0 aromatic heterocycles. The van der Waals surface area contributed by atoms with E-state index in [0.717, 1.165) is 40.3 Å². The summed E-state index contributed by atoms with van der Waals surface area (Å²) in [4.78, 5) is 0. The molecule has 158 valence electrons. The molecule has 30 heavy (non-hydrogen) atoms. The first-order valence-electron chi connectivity index (χ1n) is 11.2. The standard InChI is InChI=1S/C25H29O2PS2/c1-16-7-20-15-30-28(29,22-5-3-21(26-2)4-6-22)27-24(20)23(8-16)25-12-17-9-18(13-25)11-19(10-17)14-25/h3-8,17-19H,9-15H2,1-2H3. The Morgan fingerprint density at radius 1 is 1.03 bits per heavy atom. The Labute approximate surface area is 189 Å². The average molecular weight is 457 g/mol. The first kappa shape index (κ1) is 19.7. The van der Waals surface area contributed by atoms with Crippen LogP contribution >= 0.6 is 16.8 Å². The Balaban J connectivity index is 1.43. The molecule has 2 aromatic carbocycles. The molecule has 1 atom stereocenters. The molecule has 2 nitrogen and oxygen atoms in total. The Morgan fingerprint density at radius 3 is 2.27 bits per heavy atom. The van der Waals surface area contributed by atoms with Crippen LogP contribution in [0.3, 0.4) is 0 Å². The summed E-state index contributed by atoms with van der Waals surface area (Å²) in [7, 11) is 1.70. The van der Waals surface area contributed by atoms with Gasteiger partial charge in [-0.2, -0.15) is 0 Å². The van der Waals surface area contributed by atoms with Crippen LogP contribution in [0.5, 0.6) is 11.5 Å². The number of hydrogen-bond donors (Lipinski definition) is 0. The predicted molar refractivity (Wildman–Crippen MR) is 130 cm³/mol. The lowest BCUT2D eigenvalue weighted by molar-refractivity contribution is -0.00581. The minimum atomic E-state index is -2.17. The summed E-state index contributed by atoms with van der Waals surface area (Å²) in [5, 5.41) is 1.14. The summed E-state index contributed by atoms with van der Waals surface area (Å²) < 4.78 is 12.2. The first-order valence-corrected chi connectivity index (χ1v) is 15.5. The highest BCUT2D eigenvalue weighted by atomic mass is 32.9. The summed E-state index contributed by atoms with van der Waals surface area (Å²) in [6, 6.07) is 13.0. The third kappa shape index (κ3) is 3.09. The van der Waals surface area contributed by atoms with Gasteiger partial charge in [-0.1, -0.05) is 29.1 Å². The van der Waals surface area contributed by atoms with Crippen LogP contribution in [-0.4, -0.2) is 7.11 Å². The average Bonchev–Trinajstić information content (AvgIpc) is 2.73. The summed E-state index contributed by atoms with van der Waals surface area (Å²) in [5.41, 5.74) is 2.40. The quantitative estimate of drug-likeness (QED) is 0.476. The lowest BCUT2D eigenvalue weighted by Gasteiger charge is -2.57. The molecular weight excluding hydrogens is 427 g/mol. The van der Waals surface area contributed by atoms with E-state index in [0.29, 0.717) is 5.41 Å². The fourth-order valence-corrected chi connectivity index (χ4v) is 12.1. The van der Waals surface area contributed by atoms with Crippen LogP contribution in [0.1, 0.15) is 55.2 Å². The highest BCUT2D eigenvalue weighted by Crippen LogP contribution is 2.68. The van der Waals surface area contributed by atoms with Crippen molar-refractivity contribution in [2.45, 2.75) is 56.6 Å². The number of aryl methyl sites for hydroxylation is 1. The second kappa shape index (κ2) is 7.02. The molecule has 1 heterocycles. The second-order valence-electron chi connectivity index (χ2n) is 10.1. The Morgan fingerprint density at radius 2 is 1.67 bits per heavy atom. The molecule has 2 aromatic rings. The molecule has 4 fully saturated rings. The van der Waals surface area contributed by atoms with Crippen molar-refractivity contribution < 1.29 is 9.26 Å². The zero-order valence-electron chi connectivity index (χ0n) is 17.7. The second-order valence-corrected chi connectivity index (χ2v) is 16.9. The molecule has 0 saturated heterocycles. The van der Waals surface area contributed by atoms with Crippen LogP contribution < -0.4 is 14.6 Å². The minimum absolute atomic E-state index is 0.326. The van der Waals surface area contributed by atoms with Crippen LogP contribution in [0, 0.1) is 24.7 Å². The van der Waals surface area contributed by atoms with Gasteiger partial charge >= 0.3 is 0 Å². The smallest absolute Gasteiger partial charge is 0.197 e. The number of methoxy groups -OCH3 is 1. The molecule has 0 N–H and O–H groups in total. The van der Waals surface area contributed by atoms with Crippen molar-refractivity contribution in [2.24, 2.45) is 17.8 Å². The molecule has 4 bridgehead atoms. The summed E-state index contributed by atoms with van der Waals surface area (Å²) in [5.74, 6) is 5.76. The van der Waals surface area contributed by atoms with Gasteiger partial charge in [0.2, 0.25) is 0 Å². The molecule has 0 spiro atoms. The van der Waals surface area contributed by atoms with E-state index in [1.165, 1.54) is 55.2 Å². The zero-order valence-corrected chi connectivity index (χ0v) is 20.3. The van der Waals surface area contributed by atoms with Gasteiger partial charge in [0.05, 0.1) is 7.11 Å². The Hall–Kier alpha value is -0.960. The van der Waals surface area contributed by atoms with Gasteiger partial charge < -0.3 is 9.26 Å². The van der Waals surface area contributed by atoms with Crippen molar-refractivity contribution in [3.63, 3.8) is 0 Å². The van der Waals surface area contributed by atoms with E-state index in [4.69, 9.17) is 21.1 Å². The maximum Gasteiger partial charge on any atom is 0.197 e. The van der Waals surface area contributed by atoms with Gasteiger partial charge in [0.15, 0.2) is 5.47 Å². The maximum atomic E-state index is 6.90. The van der Waals surface area contributed by atoms with Gasteiger partial charge in [0, 0.05) is 22.2 Å². The van der Waals surface area contributed by atoms with Crippen LogP contribution in [0.2, 0.25) is 0 Å². The number of fused-ring (bicyclic) bond motifs is 1. The lowest BCUT2D eigenvalue weighted by atomic mass is 9.48. The molecule has 7 rings (SSSR count). The zero-order chi connectivity index (χ0) is 20.5. The summed E-state index contributed by atoms with van der Waals surface area (Å²) >= 11 is 8.05. The maximum absolute atomic E-state index is 6.90. The molecule has 0 radical (unpaired) electrons. The number of benzene rings is 2. The first-order chi connectivity index (χ1) is 14.5. The van der Waals surface area contributed by atoms with E-state index in [2.05, 4.69) is 31.2 Å². The van der Waals surface area contributed by atoms with Gasteiger partial charge in [-0.3, -0.25) is 0 Å². The molecule has 0 amide bonds. The van der Waals surface area contributed by atoms with E-state index in [9.17, 15) is 0 Å². The van der Waals surface area contributed by atoms with E-state index in [1.54, 1.807) is 7.11 Å². The monoisotopic (exact) mass is 456 g/mol. The van der Waals surface area contributed by atoms with Crippen molar-refractivity contribution in [1.29, 1.82) is 0 Å². The molecule has 1 unspecified atom stereocenters. The highest BCUT2D eigenvalue weighted by molar-refractivity contribution is 8.71. The molecule has 1 aliphatic heterocycles. The predicted octanol–water partition coefficient (Wildman–Crippen LogP) is 6.73. The minimum Gasteiger partial charge on any atom is -0.497 e. The third-order valence-electron chi connectivity index (χ3n) is 7.91. The van der Waals surface area contributed by atoms with E-state index in [-0.39, 0.29) is 0 Å². The van der Waals surface area contributed by atoms with Crippen molar-refractivity contribution in [1.82, 2.24) is 0 Å². The molecule has 4 aliphatic carbocycles. The van der Waals surface area contributed by atoms with Gasteiger partial charge in [0.1, 0.15) is 11.5 Å². The SMILES string of the molecule is COc1ccc(P2(=S)Oc3c(cc(C)cc3C34CC5CC(CC(C5)C3)C4)CS2)cc1. The van der Waals surface area contributed by atoms with Crippen LogP contribution in [0.15, 0.2) is 36.4 Å². The van der Waals surface area contributed by atoms with Crippen LogP contribution in [-0.2, 0) is 23.0 Å². The van der Waals surface area contributed by atoms with Gasteiger partial charge in [-0.05, 0) is 105 Å². The van der Waals surface area contributed by atoms with Gasteiger partial charge in [-0.25, -0.2) is 0 Å². The van der Waals surface area contributed by atoms with Crippen molar-refractivity contribution in [2.75, 3.05) is 7.11 Å². The van der Waals surface area contributed by atoms with Gasteiger partial charge in [-0.15, -0.1) is 0 Å². The molecular formula is C25H29O2PS2. The van der Waals surface area contributed by atoms with Gasteiger partial charge in [0.25, 0.3) is 0 Å². The number of ether oxygens (including phenoxy) is 1. The highest BCUT2D eigenvalue weighted by Gasteiger charge is 2.53. The largest absolute Gasteiger partial charge is 0.497 e. The topological polar surface area (TPSA) is 18.5 Å². The lowest BCUT2D eigenvalue weighted by Crippen LogP contribution is -2.48. The fraction of sp³-hybridized carbons (Fsp3) is 0.520. The molecule has 4 saturated carbocycles. The molecule has 5 aliphatic rings. The van der Waals surface area contributed by atoms with E-state index >= 15 is 0 Å². The van der Waals surface area contributed by atoms with Crippen molar-refractivity contribution in [3.05, 3.63) is 53.1 Å².